The molecule has 33 heavy (non-hydrogen) atoms. The van der Waals surface area contributed by atoms with Crippen LogP contribution in [-0.2, 0) is 14.4 Å². The van der Waals surface area contributed by atoms with Gasteiger partial charge in [-0.3, -0.25) is 19.3 Å². The van der Waals surface area contributed by atoms with Gasteiger partial charge in [-0.15, -0.1) is 0 Å². The average Bonchev–Trinajstić information content (AvgIpc) is 2.73. The smallest absolute Gasteiger partial charge is 0.246 e. The fourth-order valence-electron chi connectivity index (χ4n) is 4.44. The van der Waals surface area contributed by atoms with E-state index in [4.69, 9.17) is 0 Å². The lowest BCUT2D eigenvalue weighted by atomic mass is 9.95. The first-order valence-corrected chi connectivity index (χ1v) is 12.6. The van der Waals surface area contributed by atoms with Crippen LogP contribution in [0.1, 0.15) is 81.6 Å². The van der Waals surface area contributed by atoms with Gasteiger partial charge in [-0.05, 0) is 65.8 Å². The van der Waals surface area contributed by atoms with E-state index in [1.807, 2.05) is 47.6 Å². The molecule has 0 aromatic rings. The van der Waals surface area contributed by atoms with E-state index in [1.165, 1.54) is 0 Å². The standard InChI is InChI=1S/C26H48N4O3/c1-16(2)22(15-20(9)24(31)27-18(5)6)29(10)26(33)23(17(3)4)28-25(32)21-13-11-12-14-30(21)19(7)8/h15-19,21-23H,11-14H2,1-10H3,(H,27,31)(H,28,32)/b20-15+/t21-,22-,23+/m1/s1. The maximum Gasteiger partial charge on any atom is 0.246 e. The Morgan fingerprint density at radius 1 is 0.939 bits per heavy atom. The topological polar surface area (TPSA) is 81.8 Å². The zero-order chi connectivity index (χ0) is 25.5. The number of nitrogens with one attached hydrogen (secondary N) is 2. The number of piperidine rings is 1. The summed E-state index contributed by atoms with van der Waals surface area (Å²) in [6.07, 6.45) is 4.81. The fraction of sp³-hybridized carbons (Fsp3) is 0.808. The van der Waals surface area contributed by atoms with Crippen LogP contribution in [0.2, 0.25) is 0 Å². The number of carbonyl (C=O) groups excluding carboxylic acids is 3. The zero-order valence-corrected chi connectivity index (χ0v) is 22.6. The van der Waals surface area contributed by atoms with Gasteiger partial charge in [0.1, 0.15) is 6.04 Å². The SMILES string of the molecule is C/C(=C\[C@H](C(C)C)N(C)C(=O)[C@@H](NC(=O)[C@H]1CCCCN1C(C)C)C(C)C)C(=O)NC(C)C. The van der Waals surface area contributed by atoms with Crippen molar-refractivity contribution < 1.29 is 14.4 Å². The van der Waals surface area contributed by atoms with Gasteiger partial charge in [-0.25, -0.2) is 0 Å². The van der Waals surface area contributed by atoms with Crippen molar-refractivity contribution in [1.82, 2.24) is 20.4 Å². The molecule has 1 rings (SSSR count). The molecular formula is C26H48N4O3. The normalized spacial score (nSPS) is 19.7. The Hall–Kier alpha value is -1.89. The van der Waals surface area contributed by atoms with Gasteiger partial charge in [0.2, 0.25) is 17.7 Å². The lowest BCUT2D eigenvalue weighted by Gasteiger charge is -2.39. The minimum absolute atomic E-state index is 0.0448. The third-order valence-corrected chi connectivity index (χ3v) is 6.42. The van der Waals surface area contributed by atoms with Crippen LogP contribution in [0.5, 0.6) is 0 Å². The molecule has 0 bridgehead atoms. The summed E-state index contributed by atoms with van der Waals surface area (Å²) in [5.41, 5.74) is 0.585. The van der Waals surface area contributed by atoms with E-state index < -0.39 is 6.04 Å². The number of hydrogen-bond acceptors (Lipinski definition) is 4. The van der Waals surface area contributed by atoms with Gasteiger partial charge >= 0.3 is 0 Å². The third-order valence-electron chi connectivity index (χ3n) is 6.42. The predicted molar refractivity (Wildman–Crippen MR) is 135 cm³/mol. The number of rotatable bonds is 10. The molecule has 1 saturated heterocycles. The highest BCUT2D eigenvalue weighted by atomic mass is 16.2. The molecule has 0 saturated carbocycles. The summed E-state index contributed by atoms with van der Waals surface area (Å²) >= 11 is 0. The Morgan fingerprint density at radius 2 is 1.55 bits per heavy atom. The highest BCUT2D eigenvalue weighted by Gasteiger charge is 2.35. The second-order valence-electron chi connectivity index (χ2n) is 10.7. The van der Waals surface area contributed by atoms with Crippen molar-refractivity contribution in [3.63, 3.8) is 0 Å². The summed E-state index contributed by atoms with van der Waals surface area (Å²) in [5, 5.41) is 5.98. The fourth-order valence-corrected chi connectivity index (χ4v) is 4.44. The van der Waals surface area contributed by atoms with Crippen molar-refractivity contribution in [3.8, 4) is 0 Å². The Morgan fingerprint density at radius 3 is 2.03 bits per heavy atom. The second-order valence-corrected chi connectivity index (χ2v) is 10.7. The lowest BCUT2D eigenvalue weighted by Crippen LogP contribution is -2.58. The van der Waals surface area contributed by atoms with Crippen LogP contribution < -0.4 is 10.6 Å². The van der Waals surface area contributed by atoms with Crippen molar-refractivity contribution in [2.24, 2.45) is 11.8 Å². The van der Waals surface area contributed by atoms with Gasteiger partial charge in [-0.1, -0.05) is 40.2 Å². The van der Waals surface area contributed by atoms with Crippen molar-refractivity contribution in [3.05, 3.63) is 11.6 Å². The molecule has 7 heteroatoms. The predicted octanol–water partition coefficient (Wildman–Crippen LogP) is 3.34. The molecule has 3 atom stereocenters. The minimum atomic E-state index is -0.613. The molecule has 0 radical (unpaired) electrons. The monoisotopic (exact) mass is 464 g/mol. The number of amides is 3. The Kier molecular flexibility index (Phi) is 11.6. The molecule has 1 heterocycles. The van der Waals surface area contributed by atoms with Crippen LogP contribution in [0.3, 0.4) is 0 Å². The molecule has 2 N–H and O–H groups in total. The second kappa shape index (κ2) is 13.1. The number of likely N-dealkylation sites (N-methyl/N-ethyl adjacent to an activating group) is 1. The molecule has 1 aliphatic rings. The van der Waals surface area contributed by atoms with Gasteiger partial charge in [0.05, 0.1) is 12.1 Å². The molecule has 0 unspecified atom stereocenters. The summed E-state index contributed by atoms with van der Waals surface area (Å²) in [6.45, 7) is 18.7. The highest BCUT2D eigenvalue weighted by molar-refractivity contribution is 5.93. The highest BCUT2D eigenvalue weighted by Crippen LogP contribution is 2.21. The van der Waals surface area contributed by atoms with E-state index in [0.717, 1.165) is 25.8 Å². The summed E-state index contributed by atoms with van der Waals surface area (Å²) in [7, 11) is 1.76. The van der Waals surface area contributed by atoms with Crippen molar-refractivity contribution in [2.45, 2.75) is 112 Å². The zero-order valence-electron chi connectivity index (χ0n) is 22.6. The molecule has 0 aliphatic carbocycles. The largest absolute Gasteiger partial charge is 0.350 e. The van der Waals surface area contributed by atoms with E-state index in [9.17, 15) is 14.4 Å². The quantitative estimate of drug-likeness (QED) is 0.486. The van der Waals surface area contributed by atoms with Crippen molar-refractivity contribution >= 4 is 17.7 Å². The van der Waals surface area contributed by atoms with Crippen LogP contribution in [0.15, 0.2) is 11.6 Å². The Bertz CT molecular complexity index is 700. The van der Waals surface area contributed by atoms with Crippen molar-refractivity contribution in [1.29, 1.82) is 0 Å². The van der Waals surface area contributed by atoms with Gasteiger partial charge < -0.3 is 15.5 Å². The van der Waals surface area contributed by atoms with E-state index >= 15 is 0 Å². The minimum Gasteiger partial charge on any atom is -0.350 e. The van der Waals surface area contributed by atoms with Crippen molar-refractivity contribution in [2.75, 3.05) is 13.6 Å². The lowest BCUT2D eigenvalue weighted by molar-refractivity contribution is -0.140. The number of likely N-dealkylation sites (tertiary alicyclic amines) is 1. The molecular weight excluding hydrogens is 416 g/mol. The number of carbonyl (C=O) groups is 3. The number of hydrogen-bond donors (Lipinski definition) is 2. The summed E-state index contributed by atoms with van der Waals surface area (Å²) < 4.78 is 0. The number of nitrogens with zero attached hydrogens (tertiary/aromatic N) is 2. The van der Waals surface area contributed by atoms with E-state index in [2.05, 4.69) is 29.4 Å². The molecule has 3 amide bonds. The van der Waals surface area contributed by atoms with Gasteiger partial charge in [0.25, 0.3) is 0 Å². The van der Waals surface area contributed by atoms with Crippen LogP contribution in [0, 0.1) is 11.8 Å². The van der Waals surface area contributed by atoms with E-state index in [1.54, 1.807) is 18.9 Å². The first kappa shape index (κ1) is 29.1. The summed E-state index contributed by atoms with van der Waals surface area (Å²) in [4.78, 5) is 43.1. The molecule has 0 spiro atoms. The third kappa shape index (κ3) is 8.43. The maximum absolute atomic E-state index is 13.6. The Balaban J connectivity index is 3.06. The summed E-state index contributed by atoms with van der Waals surface area (Å²) in [5.74, 6) is -0.261. The van der Waals surface area contributed by atoms with E-state index in [0.29, 0.717) is 5.57 Å². The average molecular weight is 465 g/mol. The molecule has 190 valence electrons. The Labute approximate surface area is 201 Å². The molecule has 1 aliphatic heterocycles. The van der Waals surface area contributed by atoms with Gasteiger partial charge in [-0.2, -0.15) is 0 Å². The molecule has 0 aromatic carbocycles. The molecule has 7 nitrogen and oxygen atoms in total. The molecule has 1 fully saturated rings. The first-order chi connectivity index (χ1) is 15.3. The van der Waals surface area contributed by atoms with Gasteiger partial charge in [0.15, 0.2) is 0 Å². The van der Waals surface area contributed by atoms with Crippen LogP contribution in [0.4, 0.5) is 0 Å². The first-order valence-electron chi connectivity index (χ1n) is 12.6. The van der Waals surface area contributed by atoms with E-state index in [-0.39, 0.29) is 53.7 Å². The maximum atomic E-state index is 13.6. The molecule has 0 aromatic heterocycles. The van der Waals surface area contributed by atoms with Crippen LogP contribution >= 0.6 is 0 Å². The summed E-state index contributed by atoms with van der Waals surface area (Å²) in [6, 6.07) is -0.732. The van der Waals surface area contributed by atoms with Gasteiger partial charge in [0, 0.05) is 24.7 Å². The van der Waals surface area contributed by atoms with Crippen LogP contribution in [0.25, 0.3) is 0 Å². The van der Waals surface area contributed by atoms with Crippen LogP contribution in [-0.4, -0.2) is 71.3 Å².